The van der Waals surface area contributed by atoms with Crippen LogP contribution in [0.1, 0.15) is 47.0 Å². The molecule has 0 amide bonds. The molecule has 148 valence electrons. The Labute approximate surface area is 153 Å². The summed E-state index contributed by atoms with van der Waals surface area (Å²) in [6, 6.07) is 0. The van der Waals surface area contributed by atoms with Crippen LogP contribution in [0.2, 0.25) is 0 Å². The van der Waals surface area contributed by atoms with Crippen molar-refractivity contribution in [3.05, 3.63) is 4.91 Å². The fourth-order valence-electron chi connectivity index (χ4n) is 3.14. The summed E-state index contributed by atoms with van der Waals surface area (Å²) in [6.07, 6.45) is -0.864. The molecule has 4 unspecified atom stereocenters. The summed E-state index contributed by atoms with van der Waals surface area (Å²) < 4.78 is 10.4. The summed E-state index contributed by atoms with van der Waals surface area (Å²) in [7, 11) is 1.50. The van der Waals surface area contributed by atoms with Crippen molar-refractivity contribution in [1.82, 2.24) is 0 Å². The van der Waals surface area contributed by atoms with Crippen LogP contribution in [0.15, 0.2) is 5.18 Å². The fraction of sp³-hybridized carbons (Fsp3) is 0.833. The Morgan fingerprint density at radius 1 is 1.23 bits per heavy atom. The zero-order valence-electron chi connectivity index (χ0n) is 16.1. The second kappa shape index (κ2) is 9.32. The van der Waals surface area contributed by atoms with Crippen molar-refractivity contribution in [1.29, 1.82) is 0 Å². The molecular weight excluding hydrogens is 342 g/mol. The highest BCUT2D eigenvalue weighted by Crippen LogP contribution is 2.28. The Balaban J connectivity index is 3.15. The molecule has 1 aliphatic heterocycles. The van der Waals surface area contributed by atoms with Gasteiger partial charge >= 0.3 is 5.97 Å². The van der Waals surface area contributed by atoms with Crippen LogP contribution in [0.4, 0.5) is 0 Å². The van der Waals surface area contributed by atoms with Gasteiger partial charge < -0.3 is 14.6 Å². The molecular formula is C18H29NO7. The standard InChI is InChI=1S/C18H29NO7/c1-10-8-13(25-5)6-7-14(20)11(2)17(23)26-9-18(4,19-24)16(22)12(3)15(10)21/h10-13,16,22H,6-9H2,1-5H3/t10-,11?,12?,13?,16?,18-/m1/s1. The zero-order chi connectivity index (χ0) is 20.1. The minimum atomic E-state index is -1.68. The van der Waals surface area contributed by atoms with Crippen molar-refractivity contribution in [2.24, 2.45) is 22.9 Å². The number of cyclic esters (lactones) is 1. The topological polar surface area (TPSA) is 119 Å². The first-order chi connectivity index (χ1) is 12.1. The quantitative estimate of drug-likeness (QED) is 0.445. The highest BCUT2D eigenvalue weighted by molar-refractivity contribution is 5.98. The van der Waals surface area contributed by atoms with Gasteiger partial charge in [0.2, 0.25) is 0 Å². The highest BCUT2D eigenvalue weighted by atomic mass is 16.5. The van der Waals surface area contributed by atoms with E-state index in [0.29, 0.717) is 12.8 Å². The van der Waals surface area contributed by atoms with E-state index in [1.807, 2.05) is 0 Å². The van der Waals surface area contributed by atoms with E-state index in [1.165, 1.54) is 27.9 Å². The van der Waals surface area contributed by atoms with Crippen LogP contribution in [0, 0.1) is 22.7 Å². The molecule has 0 aromatic carbocycles. The van der Waals surface area contributed by atoms with E-state index in [1.54, 1.807) is 6.92 Å². The number of ether oxygens (including phenoxy) is 2. The molecule has 0 radical (unpaired) electrons. The summed E-state index contributed by atoms with van der Waals surface area (Å²) in [4.78, 5) is 48.2. The molecule has 8 heteroatoms. The highest BCUT2D eigenvalue weighted by Gasteiger charge is 2.43. The third-order valence-corrected chi connectivity index (χ3v) is 5.26. The fourth-order valence-corrected chi connectivity index (χ4v) is 3.14. The van der Waals surface area contributed by atoms with Gasteiger partial charge in [0.1, 0.15) is 24.1 Å². The Morgan fingerprint density at radius 2 is 1.85 bits per heavy atom. The Hall–Kier alpha value is -1.67. The molecule has 0 aromatic heterocycles. The van der Waals surface area contributed by atoms with E-state index in [0.717, 1.165) is 0 Å². The van der Waals surface area contributed by atoms with Crippen molar-refractivity contribution in [3.63, 3.8) is 0 Å². The Bertz CT molecular complexity index is 550. The summed E-state index contributed by atoms with van der Waals surface area (Å²) >= 11 is 0. The zero-order valence-corrected chi connectivity index (χ0v) is 16.1. The van der Waals surface area contributed by atoms with E-state index in [9.17, 15) is 24.4 Å². The van der Waals surface area contributed by atoms with Gasteiger partial charge in [-0.1, -0.05) is 19.0 Å². The average molecular weight is 371 g/mol. The van der Waals surface area contributed by atoms with Gasteiger partial charge in [0.25, 0.3) is 0 Å². The van der Waals surface area contributed by atoms with Gasteiger partial charge in [-0.3, -0.25) is 14.4 Å². The lowest BCUT2D eigenvalue weighted by atomic mass is 9.80. The van der Waals surface area contributed by atoms with E-state index in [4.69, 9.17) is 9.47 Å². The minimum Gasteiger partial charge on any atom is -0.462 e. The lowest BCUT2D eigenvalue weighted by Gasteiger charge is -2.32. The molecule has 1 heterocycles. The van der Waals surface area contributed by atoms with Crippen molar-refractivity contribution >= 4 is 17.5 Å². The summed E-state index contributed by atoms with van der Waals surface area (Å²) in [5.41, 5.74) is -1.68. The average Bonchev–Trinajstić information content (AvgIpc) is 2.65. The number of nitroso groups, excluding NO2 is 1. The van der Waals surface area contributed by atoms with Crippen molar-refractivity contribution in [2.75, 3.05) is 13.7 Å². The molecule has 1 fully saturated rings. The number of rotatable bonds is 2. The SMILES string of the molecule is COC1CCC(=O)C(C)C(=O)OC[C@@](C)(N=O)C(O)C(C)C(=O)[C@H](C)C1. The number of aliphatic hydroxyl groups excluding tert-OH is 1. The molecule has 0 saturated carbocycles. The maximum atomic E-state index is 12.6. The van der Waals surface area contributed by atoms with Crippen molar-refractivity contribution in [2.45, 2.75) is 64.7 Å². The van der Waals surface area contributed by atoms with Crippen LogP contribution in [-0.2, 0) is 23.9 Å². The number of ketones is 2. The lowest BCUT2D eigenvalue weighted by molar-refractivity contribution is -0.155. The van der Waals surface area contributed by atoms with Crippen molar-refractivity contribution in [3.8, 4) is 0 Å². The molecule has 0 aliphatic carbocycles. The first-order valence-electron chi connectivity index (χ1n) is 8.85. The van der Waals surface area contributed by atoms with Gasteiger partial charge in [0, 0.05) is 25.4 Å². The Kier molecular flexibility index (Phi) is 8.02. The smallest absolute Gasteiger partial charge is 0.316 e. The van der Waals surface area contributed by atoms with Crippen LogP contribution in [0.25, 0.3) is 0 Å². The molecule has 1 aliphatic rings. The minimum absolute atomic E-state index is 0.122. The lowest BCUT2D eigenvalue weighted by Crippen LogP contribution is -2.49. The molecule has 0 aromatic rings. The third-order valence-electron chi connectivity index (χ3n) is 5.26. The maximum absolute atomic E-state index is 12.6. The van der Waals surface area contributed by atoms with Gasteiger partial charge in [-0.25, -0.2) is 0 Å². The summed E-state index contributed by atoms with van der Waals surface area (Å²) in [5.74, 6) is -3.61. The Morgan fingerprint density at radius 3 is 2.38 bits per heavy atom. The molecule has 0 spiro atoms. The molecule has 6 atom stereocenters. The van der Waals surface area contributed by atoms with Gasteiger partial charge in [-0.05, 0) is 26.7 Å². The summed E-state index contributed by atoms with van der Waals surface area (Å²) in [5, 5.41) is 13.4. The van der Waals surface area contributed by atoms with Crippen LogP contribution in [0.3, 0.4) is 0 Å². The van der Waals surface area contributed by atoms with Crippen LogP contribution >= 0.6 is 0 Å². The predicted molar refractivity (Wildman–Crippen MR) is 93.3 cm³/mol. The molecule has 1 saturated heterocycles. The van der Waals surface area contributed by atoms with Gasteiger partial charge in [-0.2, -0.15) is 0 Å². The van der Waals surface area contributed by atoms with Gasteiger partial charge in [0.05, 0.1) is 12.2 Å². The predicted octanol–water partition coefficient (Wildman–Crippen LogP) is 1.66. The number of carbonyl (C=O) groups is 3. The van der Waals surface area contributed by atoms with Gasteiger partial charge in [0.15, 0.2) is 5.54 Å². The third kappa shape index (κ3) is 5.17. The first-order valence-corrected chi connectivity index (χ1v) is 8.85. The van der Waals surface area contributed by atoms with Gasteiger partial charge in [-0.15, -0.1) is 4.91 Å². The first kappa shape index (κ1) is 22.4. The second-order valence-corrected chi connectivity index (χ2v) is 7.41. The number of hydrogen-bond acceptors (Lipinski definition) is 8. The van der Waals surface area contributed by atoms with Crippen LogP contribution in [-0.4, -0.2) is 54.1 Å². The molecule has 1 N–H and O–H groups in total. The number of carbonyl (C=O) groups excluding carboxylic acids is 3. The number of hydrogen-bond donors (Lipinski definition) is 1. The maximum Gasteiger partial charge on any atom is 0.316 e. The second-order valence-electron chi connectivity index (χ2n) is 7.41. The van der Waals surface area contributed by atoms with Crippen LogP contribution in [0.5, 0.6) is 0 Å². The summed E-state index contributed by atoms with van der Waals surface area (Å²) in [6.45, 7) is 5.51. The molecule has 1 rings (SSSR count). The molecule has 8 nitrogen and oxygen atoms in total. The molecule has 26 heavy (non-hydrogen) atoms. The van der Waals surface area contributed by atoms with E-state index in [-0.39, 0.29) is 24.1 Å². The van der Waals surface area contributed by atoms with Crippen LogP contribution < -0.4 is 0 Å². The largest absolute Gasteiger partial charge is 0.462 e. The van der Waals surface area contributed by atoms with E-state index < -0.39 is 42.0 Å². The van der Waals surface area contributed by atoms with E-state index in [2.05, 4.69) is 5.18 Å². The number of aliphatic hydroxyl groups is 1. The number of esters is 1. The monoisotopic (exact) mass is 371 g/mol. The normalized spacial score (nSPS) is 38.4. The number of Topliss-reactive ketones (excluding diaryl/α,β-unsaturated/α-hetero) is 2. The molecule has 0 bridgehead atoms. The van der Waals surface area contributed by atoms with Crippen molar-refractivity contribution < 1.29 is 29.0 Å². The number of methoxy groups -OCH3 is 1. The number of nitrogens with zero attached hydrogens (tertiary/aromatic N) is 1. The van der Waals surface area contributed by atoms with E-state index >= 15 is 0 Å².